The zero-order valence-corrected chi connectivity index (χ0v) is 26.4. The molecule has 2 rings (SSSR count). The Hall–Kier alpha value is -2.76. The molecule has 15 heteroatoms. The number of carbonyl (C=O) groups is 3. The molecule has 0 radical (unpaired) electrons. The van der Waals surface area contributed by atoms with Gasteiger partial charge in [-0.05, 0) is 12.1 Å². The molecule has 1 aromatic heterocycles. The average Bonchev–Trinajstić information content (AvgIpc) is 3.39. The normalized spacial score (nSPS) is 14.3. The van der Waals surface area contributed by atoms with Crippen molar-refractivity contribution in [2.75, 3.05) is 126 Å². The Morgan fingerprint density at radius 3 is 1.42 bits per heavy atom. The Labute approximate surface area is 265 Å². The van der Waals surface area contributed by atoms with Crippen LogP contribution in [0.25, 0.3) is 0 Å². The van der Waals surface area contributed by atoms with Crippen LogP contribution >= 0.6 is 0 Å². The number of pyridine rings is 1. The minimum absolute atomic E-state index is 0.000551. The minimum atomic E-state index is -0.879. The van der Waals surface area contributed by atoms with Crippen LogP contribution in [0.1, 0.15) is 12.8 Å². The number of amides is 2. The number of carboxylic acid groups (broad SMARTS) is 1. The number of hydrogen-bond acceptors (Lipinski definition) is 12. The molecule has 0 aliphatic carbocycles. The third kappa shape index (κ3) is 26.2. The van der Waals surface area contributed by atoms with Crippen LogP contribution < -0.4 is 5.32 Å². The van der Waals surface area contributed by atoms with Gasteiger partial charge in [0.1, 0.15) is 0 Å². The van der Waals surface area contributed by atoms with Crippen molar-refractivity contribution in [2.45, 2.75) is 12.8 Å². The molecule has 2 N–H and O–H groups in total. The van der Waals surface area contributed by atoms with Crippen molar-refractivity contribution in [3.8, 4) is 0 Å². The first-order chi connectivity index (χ1) is 22.0. The predicted octanol–water partition coefficient (Wildman–Crippen LogP) is 0.270. The van der Waals surface area contributed by atoms with Crippen LogP contribution in [0.15, 0.2) is 30.6 Å². The molecule has 258 valence electrons. The summed E-state index contributed by atoms with van der Waals surface area (Å²) in [6, 6.07) is 5.72. The lowest BCUT2D eigenvalue weighted by atomic mass is 10.1. The largest absolute Gasteiger partial charge is 0.481 e. The van der Waals surface area contributed by atoms with Gasteiger partial charge in [0.05, 0.1) is 118 Å². The number of aliphatic carboxylic acids is 1. The maximum absolute atomic E-state index is 12.0. The summed E-state index contributed by atoms with van der Waals surface area (Å²) < 4.78 is 42.9. The first-order valence-electron chi connectivity index (χ1n) is 15.2. The fourth-order valence-corrected chi connectivity index (χ4v) is 3.54. The van der Waals surface area contributed by atoms with Crippen molar-refractivity contribution in [2.24, 2.45) is 5.92 Å². The molecule has 1 aliphatic heterocycles. The van der Waals surface area contributed by atoms with Gasteiger partial charge >= 0.3 is 5.97 Å². The number of likely N-dealkylation sites (tertiary alicyclic amines) is 1. The van der Waals surface area contributed by atoms with E-state index < -0.39 is 5.97 Å². The Morgan fingerprint density at radius 2 is 1.11 bits per heavy atom. The highest BCUT2D eigenvalue weighted by Crippen LogP contribution is 2.15. The number of carboxylic acids is 1. The van der Waals surface area contributed by atoms with Crippen LogP contribution in [-0.4, -0.2) is 159 Å². The number of nitrogens with zero attached hydrogens (tertiary/aromatic N) is 2. The van der Waals surface area contributed by atoms with Gasteiger partial charge in [-0.1, -0.05) is 6.07 Å². The lowest BCUT2D eigenvalue weighted by molar-refractivity contribution is -0.138. The third-order valence-electron chi connectivity index (χ3n) is 5.89. The topological polar surface area (TPSA) is 173 Å². The van der Waals surface area contributed by atoms with Gasteiger partial charge in [-0.2, -0.15) is 0 Å². The lowest BCUT2D eigenvalue weighted by Gasteiger charge is -2.11. The number of hydrogen-bond donors (Lipinski definition) is 2. The smallest absolute Gasteiger partial charge is 0.305 e. The van der Waals surface area contributed by atoms with Crippen LogP contribution in [0.3, 0.4) is 0 Å². The highest BCUT2D eigenvalue weighted by Gasteiger charge is 2.31. The van der Waals surface area contributed by atoms with Crippen LogP contribution in [0, 0.1) is 5.92 Å². The van der Waals surface area contributed by atoms with E-state index in [-0.39, 0.29) is 37.2 Å². The van der Waals surface area contributed by atoms with Crippen LogP contribution in [0.5, 0.6) is 0 Å². The van der Waals surface area contributed by atoms with E-state index in [1.807, 2.05) is 18.2 Å². The molecule has 45 heavy (non-hydrogen) atoms. The van der Waals surface area contributed by atoms with E-state index in [1.165, 1.54) is 0 Å². The molecule has 1 aliphatic rings. The maximum atomic E-state index is 12.0. The second kappa shape index (κ2) is 29.9. The van der Waals surface area contributed by atoms with E-state index in [1.54, 1.807) is 24.3 Å². The summed E-state index contributed by atoms with van der Waals surface area (Å²) >= 11 is 0. The molecule has 1 unspecified atom stereocenters. The SMILES string of the molecule is CN1CC(C(=O)NCCOCCOCCOCCOCCOCCOCCOCCOCCC(=O)O)CC1=O.c1ccncc1. The molecule has 0 saturated carbocycles. The van der Waals surface area contributed by atoms with Gasteiger partial charge in [0.2, 0.25) is 11.8 Å². The fraction of sp³-hybridized carbons (Fsp3) is 0.733. The predicted molar refractivity (Wildman–Crippen MR) is 162 cm³/mol. The third-order valence-corrected chi connectivity index (χ3v) is 5.89. The summed E-state index contributed by atoms with van der Waals surface area (Å²) in [6.07, 6.45) is 3.76. The Morgan fingerprint density at radius 1 is 0.711 bits per heavy atom. The van der Waals surface area contributed by atoms with Crippen molar-refractivity contribution >= 4 is 17.8 Å². The van der Waals surface area contributed by atoms with Crippen LogP contribution in [-0.2, 0) is 52.3 Å². The van der Waals surface area contributed by atoms with E-state index >= 15 is 0 Å². The summed E-state index contributed by atoms with van der Waals surface area (Å²) in [4.78, 5) is 39.1. The van der Waals surface area contributed by atoms with E-state index in [9.17, 15) is 14.4 Å². The number of rotatable bonds is 28. The molecule has 2 amide bonds. The molecule has 0 spiro atoms. The van der Waals surface area contributed by atoms with Gasteiger partial charge in [-0.25, -0.2) is 0 Å². The maximum Gasteiger partial charge on any atom is 0.305 e. The number of aromatic nitrogens is 1. The van der Waals surface area contributed by atoms with Gasteiger partial charge in [0.15, 0.2) is 0 Å². The van der Waals surface area contributed by atoms with Gasteiger partial charge < -0.3 is 53.2 Å². The Balaban J connectivity index is 0.00000150. The second-order valence-corrected chi connectivity index (χ2v) is 9.53. The van der Waals surface area contributed by atoms with E-state index in [2.05, 4.69) is 10.3 Å². The van der Waals surface area contributed by atoms with Gasteiger partial charge in [-0.15, -0.1) is 0 Å². The first kappa shape index (κ1) is 40.3. The van der Waals surface area contributed by atoms with Crippen LogP contribution in [0.2, 0.25) is 0 Å². The molecule has 1 fully saturated rings. The van der Waals surface area contributed by atoms with Crippen molar-refractivity contribution in [3.05, 3.63) is 30.6 Å². The van der Waals surface area contributed by atoms with E-state index in [0.717, 1.165) is 0 Å². The summed E-state index contributed by atoms with van der Waals surface area (Å²) in [5.74, 6) is -1.26. The van der Waals surface area contributed by atoms with E-state index in [4.69, 9.17) is 43.0 Å². The molecule has 1 saturated heterocycles. The lowest BCUT2D eigenvalue weighted by Crippen LogP contribution is -2.34. The molecular formula is C30H51N3O12. The molecule has 2 heterocycles. The number of carbonyl (C=O) groups excluding carboxylic acids is 2. The quantitative estimate of drug-likeness (QED) is 0.119. The summed E-state index contributed by atoms with van der Waals surface area (Å²) in [5, 5.41) is 11.3. The van der Waals surface area contributed by atoms with Crippen molar-refractivity contribution in [1.29, 1.82) is 0 Å². The Bertz CT molecular complexity index is 826. The minimum Gasteiger partial charge on any atom is -0.481 e. The highest BCUT2D eigenvalue weighted by atomic mass is 16.6. The van der Waals surface area contributed by atoms with E-state index in [0.29, 0.717) is 112 Å². The number of nitrogens with one attached hydrogen (secondary N) is 1. The zero-order valence-electron chi connectivity index (χ0n) is 26.4. The molecule has 1 atom stereocenters. The molecule has 15 nitrogen and oxygen atoms in total. The van der Waals surface area contributed by atoms with Crippen molar-refractivity contribution in [1.82, 2.24) is 15.2 Å². The van der Waals surface area contributed by atoms with Gasteiger partial charge in [0.25, 0.3) is 0 Å². The Kier molecular flexibility index (Phi) is 26.8. The molecule has 1 aromatic rings. The highest BCUT2D eigenvalue weighted by molar-refractivity contribution is 5.89. The summed E-state index contributed by atoms with van der Waals surface area (Å²) in [5.41, 5.74) is 0. The van der Waals surface area contributed by atoms with Crippen LogP contribution in [0.4, 0.5) is 0 Å². The summed E-state index contributed by atoms with van der Waals surface area (Å²) in [7, 11) is 1.70. The average molecular weight is 646 g/mol. The van der Waals surface area contributed by atoms with Crippen molar-refractivity contribution in [3.63, 3.8) is 0 Å². The van der Waals surface area contributed by atoms with Crippen molar-refractivity contribution < 1.29 is 57.4 Å². The monoisotopic (exact) mass is 645 g/mol. The summed E-state index contributed by atoms with van der Waals surface area (Å²) in [6.45, 7) is 7.69. The second-order valence-electron chi connectivity index (χ2n) is 9.53. The molecule has 0 bridgehead atoms. The molecular weight excluding hydrogens is 594 g/mol. The standard InChI is InChI=1S/C25H46N2O12.C5H5N/c1-27-21-22(20-23(27)28)25(31)26-3-5-33-7-9-35-11-13-37-15-17-39-19-18-38-16-14-36-12-10-34-8-6-32-4-2-24(29)30;1-2-4-6-5-3-1/h22H,2-21H2,1H3,(H,26,31)(H,29,30);1-5H. The zero-order chi connectivity index (χ0) is 32.6. The van der Waals surface area contributed by atoms with Gasteiger partial charge in [0, 0.05) is 39.0 Å². The fourth-order valence-electron chi connectivity index (χ4n) is 3.54. The molecule has 0 aromatic carbocycles. The van der Waals surface area contributed by atoms with Gasteiger partial charge in [-0.3, -0.25) is 19.4 Å². The number of ether oxygens (including phenoxy) is 8. The first-order valence-corrected chi connectivity index (χ1v) is 15.2.